The highest BCUT2D eigenvalue weighted by Gasteiger charge is 2.31. The van der Waals surface area contributed by atoms with E-state index in [0.29, 0.717) is 25.8 Å². The number of aromatic nitrogens is 2. The first kappa shape index (κ1) is 13.1. The predicted octanol–water partition coefficient (Wildman–Crippen LogP) is 1.19. The van der Waals surface area contributed by atoms with Gasteiger partial charge in [-0.3, -0.25) is 4.90 Å². The van der Waals surface area contributed by atoms with Crippen LogP contribution in [0.15, 0.2) is 12.5 Å². The third-order valence-electron chi connectivity index (χ3n) is 4.11. The lowest BCUT2D eigenvalue weighted by atomic mass is 9.94. The second-order valence-electron chi connectivity index (χ2n) is 6.03. The summed E-state index contributed by atoms with van der Waals surface area (Å²) in [5, 5.41) is 10.5. The van der Waals surface area contributed by atoms with E-state index < -0.39 is 5.60 Å². The molecule has 106 valence electrons. The number of hydrogen-bond donors (Lipinski definition) is 1. The smallest absolute Gasteiger partial charge is 0.0951 e. The van der Waals surface area contributed by atoms with Gasteiger partial charge in [0.2, 0.25) is 0 Å². The summed E-state index contributed by atoms with van der Waals surface area (Å²) in [7, 11) is 2.07. The molecular formula is C14H23N3O2. The van der Waals surface area contributed by atoms with Crippen LogP contribution in [0.1, 0.15) is 37.4 Å². The Balaban J connectivity index is 1.58. The summed E-state index contributed by atoms with van der Waals surface area (Å²) in [6, 6.07) is 0.664. The average molecular weight is 265 g/mol. The van der Waals surface area contributed by atoms with Gasteiger partial charge in [-0.15, -0.1) is 0 Å². The molecule has 0 bridgehead atoms. The number of aliphatic hydroxyl groups is 1. The molecule has 1 aromatic rings. The molecule has 1 saturated carbocycles. The Morgan fingerprint density at radius 2 is 2.21 bits per heavy atom. The third kappa shape index (κ3) is 3.16. The van der Waals surface area contributed by atoms with Gasteiger partial charge in [0.25, 0.3) is 0 Å². The van der Waals surface area contributed by atoms with Crippen LogP contribution in [0.4, 0.5) is 0 Å². The summed E-state index contributed by atoms with van der Waals surface area (Å²) in [4.78, 5) is 6.45. The lowest BCUT2D eigenvalue weighted by molar-refractivity contribution is -0.0779. The number of hydrogen-bond acceptors (Lipinski definition) is 4. The summed E-state index contributed by atoms with van der Waals surface area (Å²) in [5.41, 5.74) is 0.665. The zero-order valence-corrected chi connectivity index (χ0v) is 11.6. The lowest BCUT2D eigenvalue weighted by Crippen LogP contribution is -2.45. The van der Waals surface area contributed by atoms with Crippen molar-refractivity contribution in [1.29, 1.82) is 0 Å². The van der Waals surface area contributed by atoms with E-state index in [1.165, 1.54) is 18.5 Å². The third-order valence-corrected chi connectivity index (χ3v) is 4.11. The van der Waals surface area contributed by atoms with Crippen molar-refractivity contribution in [3.63, 3.8) is 0 Å². The van der Waals surface area contributed by atoms with E-state index in [-0.39, 0.29) is 0 Å². The Morgan fingerprint density at radius 1 is 1.47 bits per heavy atom. The Hall–Kier alpha value is -0.910. The van der Waals surface area contributed by atoms with Crippen LogP contribution < -0.4 is 0 Å². The molecule has 2 heterocycles. The van der Waals surface area contributed by atoms with E-state index in [4.69, 9.17) is 4.74 Å². The SMILES string of the molecule is CN(Cc1cncn1C1CC1)CC1(O)CCOCC1. The molecule has 0 amide bonds. The normalized spacial score (nSPS) is 22.9. The van der Waals surface area contributed by atoms with Crippen molar-refractivity contribution >= 4 is 0 Å². The zero-order chi connectivity index (χ0) is 13.3. The molecule has 2 fully saturated rings. The lowest BCUT2D eigenvalue weighted by Gasteiger charge is -2.35. The Labute approximate surface area is 114 Å². The van der Waals surface area contributed by atoms with Crippen LogP contribution in [0.2, 0.25) is 0 Å². The van der Waals surface area contributed by atoms with Gasteiger partial charge < -0.3 is 14.4 Å². The van der Waals surface area contributed by atoms with E-state index in [2.05, 4.69) is 21.5 Å². The fourth-order valence-electron chi connectivity index (χ4n) is 2.88. The fraction of sp³-hybridized carbons (Fsp3) is 0.786. The first-order valence-corrected chi connectivity index (χ1v) is 7.16. The van der Waals surface area contributed by atoms with E-state index in [1.807, 2.05) is 12.5 Å². The molecule has 1 aliphatic carbocycles. The van der Waals surface area contributed by atoms with Crippen molar-refractivity contribution in [3.8, 4) is 0 Å². The molecule has 0 radical (unpaired) electrons. The number of likely N-dealkylation sites (N-methyl/N-ethyl adjacent to an activating group) is 1. The van der Waals surface area contributed by atoms with Crippen molar-refractivity contribution in [3.05, 3.63) is 18.2 Å². The van der Waals surface area contributed by atoms with E-state index in [0.717, 1.165) is 19.4 Å². The maximum absolute atomic E-state index is 10.5. The molecule has 0 aromatic carbocycles. The summed E-state index contributed by atoms with van der Waals surface area (Å²) in [5.74, 6) is 0. The molecule has 0 unspecified atom stereocenters. The van der Waals surface area contributed by atoms with Gasteiger partial charge in [0.05, 0.1) is 17.6 Å². The van der Waals surface area contributed by atoms with Gasteiger partial charge in [-0.25, -0.2) is 4.98 Å². The largest absolute Gasteiger partial charge is 0.388 e. The number of ether oxygens (including phenoxy) is 1. The topological polar surface area (TPSA) is 50.5 Å². The van der Waals surface area contributed by atoms with Gasteiger partial charge in [-0.05, 0) is 19.9 Å². The Kier molecular flexibility index (Phi) is 3.60. The quantitative estimate of drug-likeness (QED) is 0.869. The molecule has 0 spiro atoms. The second kappa shape index (κ2) is 5.23. The minimum absolute atomic E-state index is 0.586. The van der Waals surface area contributed by atoms with Gasteiger partial charge in [-0.1, -0.05) is 0 Å². The molecular weight excluding hydrogens is 242 g/mol. The zero-order valence-electron chi connectivity index (χ0n) is 11.6. The van der Waals surface area contributed by atoms with Gasteiger partial charge in [0.15, 0.2) is 0 Å². The van der Waals surface area contributed by atoms with Gasteiger partial charge >= 0.3 is 0 Å². The van der Waals surface area contributed by atoms with Crippen LogP contribution in [0.3, 0.4) is 0 Å². The molecule has 5 nitrogen and oxygen atoms in total. The molecule has 1 aliphatic heterocycles. The number of rotatable bonds is 5. The first-order chi connectivity index (χ1) is 9.16. The summed E-state index contributed by atoms with van der Waals surface area (Å²) < 4.78 is 7.60. The van der Waals surface area contributed by atoms with Crippen LogP contribution in [0, 0.1) is 0 Å². The minimum atomic E-state index is -0.586. The standard InChI is InChI=1S/C14H23N3O2/c1-16(10-14(18)4-6-19-7-5-14)9-13-8-15-11-17(13)12-2-3-12/h8,11-12,18H,2-7,9-10H2,1H3. The highest BCUT2D eigenvalue weighted by Crippen LogP contribution is 2.35. The monoisotopic (exact) mass is 265 g/mol. The van der Waals surface area contributed by atoms with E-state index in [9.17, 15) is 5.11 Å². The molecule has 0 atom stereocenters. The van der Waals surface area contributed by atoms with Crippen LogP contribution in [0.5, 0.6) is 0 Å². The number of imidazole rings is 1. The molecule has 3 rings (SSSR count). The van der Waals surface area contributed by atoms with Crippen LogP contribution in [-0.4, -0.2) is 52.0 Å². The van der Waals surface area contributed by atoms with E-state index in [1.54, 1.807) is 0 Å². The maximum atomic E-state index is 10.5. The van der Waals surface area contributed by atoms with E-state index >= 15 is 0 Å². The van der Waals surface area contributed by atoms with Crippen LogP contribution in [-0.2, 0) is 11.3 Å². The van der Waals surface area contributed by atoms with Crippen molar-refractivity contribution in [2.24, 2.45) is 0 Å². The van der Waals surface area contributed by atoms with Crippen molar-refractivity contribution in [2.75, 3.05) is 26.8 Å². The molecule has 19 heavy (non-hydrogen) atoms. The maximum Gasteiger partial charge on any atom is 0.0951 e. The van der Waals surface area contributed by atoms with Crippen LogP contribution >= 0.6 is 0 Å². The average Bonchev–Trinajstić information content (AvgIpc) is 3.11. The van der Waals surface area contributed by atoms with Gasteiger partial charge in [0.1, 0.15) is 0 Å². The second-order valence-corrected chi connectivity index (χ2v) is 6.03. The minimum Gasteiger partial charge on any atom is -0.388 e. The van der Waals surface area contributed by atoms with Gasteiger partial charge in [-0.2, -0.15) is 0 Å². The number of nitrogens with zero attached hydrogens (tertiary/aromatic N) is 3. The molecule has 5 heteroatoms. The van der Waals surface area contributed by atoms with Crippen molar-refractivity contribution < 1.29 is 9.84 Å². The molecule has 1 N–H and O–H groups in total. The summed E-state index contributed by atoms with van der Waals surface area (Å²) >= 11 is 0. The first-order valence-electron chi connectivity index (χ1n) is 7.16. The molecule has 1 saturated heterocycles. The summed E-state index contributed by atoms with van der Waals surface area (Å²) in [6.45, 7) is 2.89. The highest BCUT2D eigenvalue weighted by atomic mass is 16.5. The van der Waals surface area contributed by atoms with Gasteiger partial charge in [0, 0.05) is 51.4 Å². The highest BCUT2D eigenvalue weighted by molar-refractivity contribution is 5.03. The van der Waals surface area contributed by atoms with Crippen molar-refractivity contribution in [2.45, 2.75) is 43.9 Å². The summed E-state index contributed by atoms with van der Waals surface area (Å²) in [6.07, 6.45) is 7.90. The Bertz CT molecular complexity index is 422. The molecule has 1 aromatic heterocycles. The van der Waals surface area contributed by atoms with Crippen LogP contribution in [0.25, 0.3) is 0 Å². The predicted molar refractivity (Wildman–Crippen MR) is 71.8 cm³/mol. The van der Waals surface area contributed by atoms with Crippen molar-refractivity contribution in [1.82, 2.24) is 14.5 Å². The molecule has 2 aliphatic rings. The fourth-order valence-corrected chi connectivity index (χ4v) is 2.88. The Morgan fingerprint density at radius 3 is 2.89 bits per heavy atom.